The molecule has 2 heterocycles. The molecule has 1 aliphatic rings. The average Bonchev–Trinajstić information content (AvgIpc) is 3.20. The quantitative estimate of drug-likeness (QED) is 0.756. The molecular weight excluding hydrogens is 333 g/mol. The minimum atomic E-state index is -0.556. The van der Waals surface area contributed by atoms with Crippen molar-refractivity contribution in [2.45, 2.75) is 25.4 Å². The molecule has 4 rings (SSSR count). The molecule has 0 spiro atoms. The third-order valence-corrected chi connectivity index (χ3v) is 4.74. The number of hydrogen-bond acceptors (Lipinski definition) is 2. The second-order valence-electron chi connectivity index (χ2n) is 6.44. The number of aromatic nitrogens is 1. The van der Waals surface area contributed by atoms with E-state index in [-0.39, 0.29) is 11.8 Å². The van der Waals surface area contributed by atoms with Crippen molar-refractivity contribution < 1.29 is 14.0 Å². The highest BCUT2D eigenvalue weighted by Gasteiger charge is 2.36. The Labute approximate surface area is 149 Å². The highest BCUT2D eigenvalue weighted by Crippen LogP contribution is 2.26. The van der Waals surface area contributed by atoms with Crippen LogP contribution in [0.1, 0.15) is 18.4 Å². The van der Waals surface area contributed by atoms with Crippen molar-refractivity contribution in [3.63, 3.8) is 0 Å². The van der Waals surface area contributed by atoms with Gasteiger partial charge in [0.15, 0.2) is 0 Å². The van der Waals surface area contributed by atoms with Crippen molar-refractivity contribution in [2.24, 2.45) is 0 Å². The monoisotopic (exact) mass is 351 g/mol. The number of nitrogens with zero attached hydrogens (tertiary/aromatic N) is 1. The first-order valence-electron chi connectivity index (χ1n) is 8.53. The smallest absolute Gasteiger partial charge is 0.247 e. The van der Waals surface area contributed by atoms with E-state index in [9.17, 15) is 14.0 Å². The molecule has 1 atom stereocenters. The van der Waals surface area contributed by atoms with Gasteiger partial charge in [0.05, 0.1) is 0 Å². The molecule has 1 aromatic heterocycles. The van der Waals surface area contributed by atoms with E-state index in [4.69, 9.17) is 0 Å². The largest absolute Gasteiger partial charge is 0.361 e. The Hall–Kier alpha value is -3.15. The Morgan fingerprint density at radius 2 is 2.08 bits per heavy atom. The zero-order chi connectivity index (χ0) is 18.1. The topological polar surface area (TPSA) is 65.2 Å². The fourth-order valence-corrected chi connectivity index (χ4v) is 3.44. The summed E-state index contributed by atoms with van der Waals surface area (Å²) in [6.07, 6.45) is 2.67. The van der Waals surface area contributed by atoms with Crippen LogP contribution in [0.3, 0.4) is 0 Å². The van der Waals surface area contributed by atoms with Gasteiger partial charge in [-0.1, -0.05) is 24.3 Å². The first-order valence-corrected chi connectivity index (χ1v) is 8.53. The van der Waals surface area contributed by atoms with E-state index >= 15 is 0 Å². The van der Waals surface area contributed by atoms with Crippen molar-refractivity contribution in [2.75, 3.05) is 5.32 Å². The predicted octanol–water partition coefficient (Wildman–Crippen LogP) is 3.44. The minimum Gasteiger partial charge on any atom is -0.361 e. The SMILES string of the molecule is O=C(Nc1cccc(F)c1)C1CCC(=O)N1Cc1c[nH]c2ccccc12. The first kappa shape index (κ1) is 16.3. The molecule has 1 saturated heterocycles. The van der Waals surface area contributed by atoms with E-state index in [0.29, 0.717) is 25.1 Å². The predicted molar refractivity (Wildman–Crippen MR) is 96.9 cm³/mol. The number of halogens is 1. The van der Waals surface area contributed by atoms with Gasteiger partial charge in [0.25, 0.3) is 0 Å². The summed E-state index contributed by atoms with van der Waals surface area (Å²) in [4.78, 5) is 29.8. The number of carbonyl (C=O) groups is 2. The molecule has 132 valence electrons. The van der Waals surface area contributed by atoms with Crippen molar-refractivity contribution in [1.82, 2.24) is 9.88 Å². The molecule has 0 radical (unpaired) electrons. The Morgan fingerprint density at radius 1 is 1.23 bits per heavy atom. The maximum atomic E-state index is 13.3. The zero-order valence-electron chi connectivity index (χ0n) is 14.0. The third-order valence-electron chi connectivity index (χ3n) is 4.74. The molecule has 5 nitrogen and oxygen atoms in total. The van der Waals surface area contributed by atoms with E-state index in [1.165, 1.54) is 18.2 Å². The average molecular weight is 351 g/mol. The number of para-hydroxylation sites is 1. The van der Waals surface area contributed by atoms with E-state index in [1.807, 2.05) is 30.5 Å². The van der Waals surface area contributed by atoms with Gasteiger partial charge in [-0.25, -0.2) is 4.39 Å². The lowest BCUT2D eigenvalue weighted by molar-refractivity contribution is -0.133. The number of fused-ring (bicyclic) bond motifs is 1. The molecule has 26 heavy (non-hydrogen) atoms. The lowest BCUT2D eigenvalue weighted by Crippen LogP contribution is -2.41. The lowest BCUT2D eigenvalue weighted by Gasteiger charge is -2.24. The van der Waals surface area contributed by atoms with Crippen LogP contribution in [0.25, 0.3) is 10.9 Å². The highest BCUT2D eigenvalue weighted by molar-refractivity contribution is 5.99. The second-order valence-corrected chi connectivity index (χ2v) is 6.44. The van der Waals surface area contributed by atoms with Crippen LogP contribution < -0.4 is 5.32 Å². The number of anilines is 1. The highest BCUT2D eigenvalue weighted by atomic mass is 19.1. The lowest BCUT2D eigenvalue weighted by atomic mass is 10.1. The Balaban J connectivity index is 1.54. The van der Waals surface area contributed by atoms with E-state index in [1.54, 1.807) is 11.0 Å². The van der Waals surface area contributed by atoms with Gasteiger partial charge in [-0.05, 0) is 36.2 Å². The van der Waals surface area contributed by atoms with Gasteiger partial charge in [0.1, 0.15) is 11.9 Å². The number of nitrogens with one attached hydrogen (secondary N) is 2. The zero-order valence-corrected chi connectivity index (χ0v) is 14.0. The number of carbonyl (C=O) groups excluding carboxylic acids is 2. The molecule has 6 heteroatoms. The molecule has 3 aromatic rings. The fourth-order valence-electron chi connectivity index (χ4n) is 3.44. The van der Waals surface area contributed by atoms with Gasteiger partial charge >= 0.3 is 0 Å². The van der Waals surface area contributed by atoms with Crippen LogP contribution in [0.5, 0.6) is 0 Å². The summed E-state index contributed by atoms with van der Waals surface area (Å²) in [5.41, 5.74) is 2.36. The van der Waals surface area contributed by atoms with Crippen molar-refractivity contribution in [1.29, 1.82) is 0 Å². The third kappa shape index (κ3) is 3.06. The first-order chi connectivity index (χ1) is 12.6. The summed E-state index contributed by atoms with van der Waals surface area (Å²) in [5, 5.41) is 3.75. The number of benzene rings is 2. The maximum absolute atomic E-state index is 13.3. The summed E-state index contributed by atoms with van der Waals surface area (Å²) in [6, 6.07) is 13.0. The molecule has 1 fully saturated rings. The van der Waals surface area contributed by atoms with Gasteiger partial charge in [-0.15, -0.1) is 0 Å². The Bertz CT molecular complexity index is 982. The van der Waals surface area contributed by atoms with Gasteiger partial charge in [-0.2, -0.15) is 0 Å². The molecular formula is C20H18FN3O2. The molecule has 2 N–H and O–H groups in total. The summed E-state index contributed by atoms with van der Waals surface area (Å²) in [7, 11) is 0. The van der Waals surface area contributed by atoms with E-state index in [2.05, 4.69) is 10.3 Å². The Kier molecular flexibility index (Phi) is 4.16. The molecule has 1 unspecified atom stereocenters. The van der Waals surface area contributed by atoms with Gasteiger partial charge in [0.2, 0.25) is 11.8 Å². The molecule has 2 amide bonds. The number of H-pyrrole nitrogens is 1. The number of aromatic amines is 1. The van der Waals surface area contributed by atoms with Crippen LogP contribution in [0.15, 0.2) is 54.7 Å². The van der Waals surface area contributed by atoms with Gasteiger partial charge in [0, 0.05) is 35.8 Å². The summed E-state index contributed by atoms with van der Waals surface area (Å²) in [5.74, 6) is -0.753. The summed E-state index contributed by atoms with van der Waals surface area (Å²) >= 11 is 0. The van der Waals surface area contributed by atoms with Crippen LogP contribution >= 0.6 is 0 Å². The molecule has 1 aliphatic heterocycles. The minimum absolute atomic E-state index is 0.0466. The van der Waals surface area contributed by atoms with Crippen LogP contribution in [0.2, 0.25) is 0 Å². The maximum Gasteiger partial charge on any atom is 0.247 e. The number of hydrogen-bond donors (Lipinski definition) is 2. The molecule has 0 bridgehead atoms. The van der Waals surface area contributed by atoms with Crippen LogP contribution in [0.4, 0.5) is 10.1 Å². The van der Waals surface area contributed by atoms with Crippen LogP contribution in [0, 0.1) is 5.82 Å². The van der Waals surface area contributed by atoms with Crippen LogP contribution in [-0.2, 0) is 16.1 Å². The standard InChI is InChI=1S/C20H18FN3O2/c21-14-4-3-5-15(10-14)23-20(26)18-8-9-19(25)24(18)12-13-11-22-17-7-2-1-6-16(13)17/h1-7,10-11,18,22H,8-9,12H2,(H,23,26). The van der Waals surface area contributed by atoms with Crippen molar-refractivity contribution >= 4 is 28.4 Å². The summed E-state index contributed by atoms with van der Waals surface area (Å²) in [6.45, 7) is 0.365. The van der Waals surface area contributed by atoms with Gasteiger partial charge in [-0.3, -0.25) is 9.59 Å². The van der Waals surface area contributed by atoms with Crippen molar-refractivity contribution in [3.8, 4) is 0 Å². The van der Waals surface area contributed by atoms with Gasteiger partial charge < -0.3 is 15.2 Å². The van der Waals surface area contributed by atoms with Crippen LogP contribution in [-0.4, -0.2) is 27.7 Å². The number of amides is 2. The number of rotatable bonds is 4. The normalized spacial score (nSPS) is 17.0. The Morgan fingerprint density at radius 3 is 2.92 bits per heavy atom. The molecule has 0 aliphatic carbocycles. The second kappa shape index (κ2) is 6.63. The number of likely N-dealkylation sites (tertiary alicyclic amines) is 1. The summed E-state index contributed by atoms with van der Waals surface area (Å²) < 4.78 is 13.3. The van der Waals surface area contributed by atoms with E-state index in [0.717, 1.165) is 16.5 Å². The van der Waals surface area contributed by atoms with E-state index < -0.39 is 11.9 Å². The fraction of sp³-hybridized carbons (Fsp3) is 0.200. The van der Waals surface area contributed by atoms with Crippen molar-refractivity contribution in [3.05, 3.63) is 66.1 Å². The molecule has 0 saturated carbocycles. The molecule has 2 aromatic carbocycles.